The summed E-state index contributed by atoms with van der Waals surface area (Å²) in [5, 5.41) is 10.1. The van der Waals surface area contributed by atoms with Crippen LogP contribution in [0.2, 0.25) is 0 Å². The summed E-state index contributed by atoms with van der Waals surface area (Å²) >= 11 is 0. The fourth-order valence-corrected chi connectivity index (χ4v) is 1.54. The second kappa shape index (κ2) is 3.16. The van der Waals surface area contributed by atoms with E-state index in [1.807, 2.05) is 24.3 Å². The molecule has 0 radical (unpaired) electrons. The molecule has 1 aromatic carbocycles. The summed E-state index contributed by atoms with van der Waals surface area (Å²) in [7, 11) is 0. The van der Waals surface area contributed by atoms with Gasteiger partial charge in [-0.2, -0.15) is 0 Å². The van der Waals surface area contributed by atoms with E-state index >= 15 is 0 Å². The molecule has 0 amide bonds. The maximum absolute atomic E-state index is 10.8. The molecule has 0 bridgehead atoms. The largest absolute Gasteiger partial charge is 0.477 e. The van der Waals surface area contributed by atoms with Gasteiger partial charge >= 0.3 is 5.97 Å². The minimum atomic E-state index is -0.998. The molecule has 1 aliphatic rings. The van der Waals surface area contributed by atoms with E-state index in [-0.39, 0.29) is 5.70 Å². The van der Waals surface area contributed by atoms with Crippen molar-refractivity contribution in [1.29, 1.82) is 0 Å². The third kappa shape index (κ3) is 1.25. The Hall–Kier alpha value is -1.81. The number of nitrogens with two attached hydrogens (primary N) is 1. The number of carboxylic acid groups (broad SMARTS) is 1. The molecule has 1 heterocycles. The molecule has 1 aliphatic heterocycles. The molecule has 0 aliphatic carbocycles. The topological polar surface area (TPSA) is 66.6 Å². The van der Waals surface area contributed by atoms with Crippen LogP contribution in [-0.4, -0.2) is 11.1 Å². The van der Waals surface area contributed by atoms with E-state index in [4.69, 9.17) is 10.9 Å². The number of hydrazine groups is 1. The Bertz CT molecular complexity index is 412. The summed E-state index contributed by atoms with van der Waals surface area (Å²) in [5.41, 5.74) is 1.93. The Balaban J connectivity index is 2.44. The van der Waals surface area contributed by atoms with Gasteiger partial charge in [0.15, 0.2) is 0 Å². The SMILES string of the molecule is NN1C(C(=O)O)=CCc2ccccc21. The number of hydrogen-bond acceptors (Lipinski definition) is 3. The number of aliphatic carboxylic acids is 1. The zero-order valence-corrected chi connectivity index (χ0v) is 7.47. The van der Waals surface area contributed by atoms with Gasteiger partial charge in [-0.25, -0.2) is 10.6 Å². The van der Waals surface area contributed by atoms with Crippen molar-refractivity contribution in [2.24, 2.45) is 5.84 Å². The first-order valence-corrected chi connectivity index (χ1v) is 4.26. The molecule has 0 spiro atoms. The highest BCUT2D eigenvalue weighted by molar-refractivity contribution is 5.92. The molecule has 0 aromatic heterocycles. The molecule has 0 unspecified atom stereocenters. The maximum Gasteiger partial charge on any atom is 0.353 e. The fraction of sp³-hybridized carbons (Fsp3) is 0.100. The highest BCUT2D eigenvalue weighted by Crippen LogP contribution is 2.26. The number of benzene rings is 1. The predicted molar refractivity (Wildman–Crippen MR) is 52.5 cm³/mol. The third-order valence-corrected chi connectivity index (χ3v) is 2.25. The Labute approximate surface area is 81.2 Å². The zero-order chi connectivity index (χ0) is 10.1. The van der Waals surface area contributed by atoms with Gasteiger partial charge < -0.3 is 5.11 Å². The van der Waals surface area contributed by atoms with Crippen LogP contribution in [-0.2, 0) is 11.2 Å². The van der Waals surface area contributed by atoms with Crippen LogP contribution in [0.15, 0.2) is 36.0 Å². The van der Waals surface area contributed by atoms with Gasteiger partial charge in [0.1, 0.15) is 5.70 Å². The summed E-state index contributed by atoms with van der Waals surface area (Å²) in [4.78, 5) is 10.8. The van der Waals surface area contributed by atoms with E-state index in [9.17, 15) is 4.79 Å². The molecule has 0 saturated heterocycles. The first-order valence-electron chi connectivity index (χ1n) is 4.26. The molecular formula is C10H10N2O2. The average Bonchev–Trinajstić information content (AvgIpc) is 2.18. The zero-order valence-electron chi connectivity index (χ0n) is 7.47. The van der Waals surface area contributed by atoms with E-state index < -0.39 is 5.97 Å². The Morgan fingerprint density at radius 3 is 2.86 bits per heavy atom. The molecule has 14 heavy (non-hydrogen) atoms. The summed E-state index contributed by atoms with van der Waals surface area (Å²) < 4.78 is 0. The van der Waals surface area contributed by atoms with Crippen molar-refractivity contribution < 1.29 is 9.90 Å². The monoisotopic (exact) mass is 190 g/mol. The molecule has 4 nitrogen and oxygen atoms in total. The van der Waals surface area contributed by atoms with Crippen LogP contribution in [0.5, 0.6) is 0 Å². The van der Waals surface area contributed by atoms with Crippen molar-refractivity contribution in [3.8, 4) is 0 Å². The average molecular weight is 190 g/mol. The first kappa shape index (κ1) is 8.77. The van der Waals surface area contributed by atoms with E-state index in [1.54, 1.807) is 6.08 Å². The molecule has 0 atom stereocenters. The summed E-state index contributed by atoms with van der Waals surface area (Å²) in [6.07, 6.45) is 2.23. The van der Waals surface area contributed by atoms with Crippen molar-refractivity contribution in [2.75, 3.05) is 5.01 Å². The van der Waals surface area contributed by atoms with Gasteiger partial charge in [-0.05, 0) is 24.1 Å². The molecule has 0 saturated carbocycles. The smallest absolute Gasteiger partial charge is 0.353 e. The van der Waals surface area contributed by atoms with E-state index in [0.717, 1.165) is 11.3 Å². The summed E-state index contributed by atoms with van der Waals surface area (Å²) in [5.74, 6) is 4.68. The molecular weight excluding hydrogens is 180 g/mol. The third-order valence-electron chi connectivity index (χ3n) is 2.25. The van der Waals surface area contributed by atoms with Crippen molar-refractivity contribution in [2.45, 2.75) is 6.42 Å². The summed E-state index contributed by atoms with van der Waals surface area (Å²) in [6, 6.07) is 7.49. The van der Waals surface area contributed by atoms with E-state index in [0.29, 0.717) is 6.42 Å². The van der Waals surface area contributed by atoms with Crippen LogP contribution in [0.3, 0.4) is 0 Å². The standard InChI is InChI=1S/C10H10N2O2/c11-12-8-4-2-1-3-7(8)5-6-9(12)10(13)14/h1-4,6H,5,11H2,(H,13,14). The predicted octanol–water partition coefficient (Wildman–Crippen LogP) is 0.891. The van der Waals surface area contributed by atoms with Gasteiger partial charge in [0.05, 0.1) is 5.69 Å². The van der Waals surface area contributed by atoms with Gasteiger partial charge in [0.25, 0.3) is 0 Å². The highest BCUT2D eigenvalue weighted by atomic mass is 16.4. The molecule has 4 heteroatoms. The van der Waals surface area contributed by atoms with Crippen LogP contribution in [0, 0.1) is 0 Å². The Kier molecular flexibility index (Phi) is 1.98. The normalized spacial score (nSPS) is 14.6. The minimum Gasteiger partial charge on any atom is -0.477 e. The molecule has 3 N–H and O–H groups in total. The van der Waals surface area contributed by atoms with Crippen molar-refractivity contribution in [1.82, 2.24) is 0 Å². The van der Waals surface area contributed by atoms with Gasteiger partial charge in [-0.15, -0.1) is 0 Å². The van der Waals surface area contributed by atoms with Crippen molar-refractivity contribution in [3.05, 3.63) is 41.6 Å². The fourth-order valence-electron chi connectivity index (χ4n) is 1.54. The number of rotatable bonds is 1. The van der Waals surface area contributed by atoms with Crippen molar-refractivity contribution in [3.63, 3.8) is 0 Å². The lowest BCUT2D eigenvalue weighted by molar-refractivity contribution is -0.132. The van der Waals surface area contributed by atoms with Crippen LogP contribution >= 0.6 is 0 Å². The maximum atomic E-state index is 10.8. The second-order valence-electron chi connectivity index (χ2n) is 3.10. The minimum absolute atomic E-state index is 0.128. The molecule has 0 fully saturated rings. The van der Waals surface area contributed by atoms with Crippen LogP contribution < -0.4 is 10.9 Å². The first-order chi connectivity index (χ1) is 6.70. The quantitative estimate of drug-likeness (QED) is 0.645. The number of para-hydroxylation sites is 1. The van der Waals surface area contributed by atoms with Crippen LogP contribution in [0.4, 0.5) is 5.69 Å². The number of allylic oxidation sites excluding steroid dienone is 1. The number of fused-ring (bicyclic) bond motifs is 1. The second-order valence-corrected chi connectivity index (χ2v) is 3.10. The highest BCUT2D eigenvalue weighted by Gasteiger charge is 2.21. The van der Waals surface area contributed by atoms with Crippen molar-refractivity contribution >= 4 is 11.7 Å². The molecule has 2 rings (SSSR count). The molecule has 1 aromatic rings. The lowest BCUT2D eigenvalue weighted by Gasteiger charge is -2.25. The van der Waals surface area contributed by atoms with Gasteiger partial charge in [-0.1, -0.05) is 18.2 Å². The van der Waals surface area contributed by atoms with E-state index in [1.165, 1.54) is 5.01 Å². The number of carboxylic acids is 1. The lowest BCUT2D eigenvalue weighted by Crippen LogP contribution is -2.36. The van der Waals surface area contributed by atoms with E-state index in [2.05, 4.69) is 0 Å². The Morgan fingerprint density at radius 1 is 1.43 bits per heavy atom. The van der Waals surface area contributed by atoms with Gasteiger partial charge in [-0.3, -0.25) is 5.01 Å². The van der Waals surface area contributed by atoms with Gasteiger partial charge in [0, 0.05) is 0 Å². The molecule has 72 valence electrons. The number of carbonyl (C=O) groups is 1. The van der Waals surface area contributed by atoms with Crippen LogP contribution in [0.25, 0.3) is 0 Å². The Morgan fingerprint density at radius 2 is 2.14 bits per heavy atom. The number of anilines is 1. The summed E-state index contributed by atoms with van der Waals surface area (Å²) in [6.45, 7) is 0. The van der Waals surface area contributed by atoms with Crippen LogP contribution in [0.1, 0.15) is 5.56 Å². The number of nitrogens with zero attached hydrogens (tertiary/aromatic N) is 1. The number of hydrogen-bond donors (Lipinski definition) is 2. The van der Waals surface area contributed by atoms with Gasteiger partial charge in [0.2, 0.25) is 0 Å². The lowest BCUT2D eigenvalue weighted by atomic mass is 10.0.